The van der Waals surface area contributed by atoms with E-state index in [4.69, 9.17) is 20.4 Å². The van der Waals surface area contributed by atoms with Crippen molar-refractivity contribution < 1.29 is 30.0 Å². The predicted molar refractivity (Wildman–Crippen MR) is 81.0 cm³/mol. The van der Waals surface area contributed by atoms with Crippen LogP contribution in [0, 0.1) is 11.3 Å². The summed E-state index contributed by atoms with van der Waals surface area (Å²) < 4.78 is 0. The fourth-order valence-corrected chi connectivity index (χ4v) is 4.05. The molecule has 0 aromatic heterocycles. The predicted octanol–water partition coefficient (Wildman–Crippen LogP) is -0.994. The molecule has 1 aliphatic carbocycles. The van der Waals surface area contributed by atoms with Gasteiger partial charge in [-0.3, -0.25) is 0 Å². The molecule has 23 heavy (non-hydrogen) atoms. The average Bonchev–Trinajstić information content (AvgIpc) is 2.53. The number of hydrogen-bond acceptors (Lipinski definition) is 6. The van der Waals surface area contributed by atoms with Crippen LogP contribution in [-0.4, -0.2) is 70.2 Å². The van der Waals surface area contributed by atoms with E-state index in [1.807, 2.05) is 0 Å². The molecule has 3 fully saturated rings. The van der Waals surface area contributed by atoms with Crippen LogP contribution < -0.4 is 10.6 Å². The molecule has 5 unspecified atom stereocenters. The van der Waals surface area contributed by atoms with Crippen LogP contribution in [0.5, 0.6) is 0 Å². The molecule has 3 rings (SSSR count). The highest BCUT2D eigenvalue weighted by atomic mass is 16.4. The lowest BCUT2D eigenvalue weighted by atomic mass is 9.62. The summed E-state index contributed by atoms with van der Waals surface area (Å²) in [5, 5.41) is 39.9. The third-order valence-corrected chi connectivity index (χ3v) is 5.22. The second-order valence-electron chi connectivity index (χ2n) is 6.84. The second kappa shape index (κ2) is 7.57. The molecule has 2 heterocycles. The van der Waals surface area contributed by atoms with Crippen LogP contribution in [-0.2, 0) is 9.59 Å². The van der Waals surface area contributed by atoms with E-state index in [0.29, 0.717) is 5.41 Å². The molecule has 0 amide bonds. The topological polar surface area (TPSA) is 139 Å². The van der Waals surface area contributed by atoms with Crippen molar-refractivity contribution in [3.05, 3.63) is 0 Å². The van der Waals surface area contributed by atoms with Crippen LogP contribution in [0.1, 0.15) is 32.1 Å². The maximum Gasteiger partial charge on any atom is 0.335 e. The van der Waals surface area contributed by atoms with Gasteiger partial charge >= 0.3 is 11.9 Å². The SMILES string of the molecule is C1CCC23CNCC(CNC2C1)C3.O=C(O)C(O)C(O)C(=O)O. The molecule has 0 aromatic rings. The Bertz CT molecular complexity index is 424. The quantitative estimate of drug-likeness (QED) is 0.387. The number of hydrogen-bond donors (Lipinski definition) is 6. The number of aliphatic carboxylic acids is 2. The Morgan fingerprint density at radius 3 is 2.30 bits per heavy atom. The van der Waals surface area contributed by atoms with E-state index in [1.165, 1.54) is 51.7 Å². The van der Waals surface area contributed by atoms with E-state index in [1.54, 1.807) is 0 Å². The fraction of sp³-hybridized carbons (Fsp3) is 0.867. The van der Waals surface area contributed by atoms with E-state index in [9.17, 15) is 9.59 Å². The van der Waals surface area contributed by atoms with E-state index >= 15 is 0 Å². The lowest BCUT2D eigenvalue weighted by molar-refractivity contribution is -0.165. The number of rotatable bonds is 3. The van der Waals surface area contributed by atoms with Gasteiger partial charge in [-0.15, -0.1) is 0 Å². The summed E-state index contributed by atoms with van der Waals surface area (Å²) >= 11 is 0. The molecular formula is C15H26N2O6. The zero-order valence-electron chi connectivity index (χ0n) is 13.1. The van der Waals surface area contributed by atoms with Gasteiger partial charge in [0.25, 0.3) is 0 Å². The highest BCUT2D eigenvalue weighted by Crippen LogP contribution is 2.45. The standard InChI is InChI=1S/C11H20N2.C4H6O6/c1-2-4-11-5-9(6-12-8-11)7-13-10(11)3-1;5-1(3(7)8)2(6)4(9)10/h9-10,12-13H,1-8H2;1-2,5-6H,(H,7,8)(H,9,10). The van der Waals surface area contributed by atoms with Crippen LogP contribution in [0.4, 0.5) is 0 Å². The molecule has 1 saturated carbocycles. The van der Waals surface area contributed by atoms with Crippen molar-refractivity contribution in [2.24, 2.45) is 11.3 Å². The summed E-state index contributed by atoms with van der Waals surface area (Å²) in [7, 11) is 0. The van der Waals surface area contributed by atoms with Crippen LogP contribution >= 0.6 is 0 Å². The summed E-state index contributed by atoms with van der Waals surface area (Å²) in [4.78, 5) is 19.5. The molecule has 2 bridgehead atoms. The smallest absolute Gasteiger partial charge is 0.335 e. The van der Waals surface area contributed by atoms with Crippen molar-refractivity contribution >= 4 is 11.9 Å². The normalized spacial score (nSPS) is 35.0. The monoisotopic (exact) mass is 330 g/mol. The van der Waals surface area contributed by atoms with Crippen molar-refractivity contribution in [3.8, 4) is 0 Å². The van der Waals surface area contributed by atoms with Crippen molar-refractivity contribution in [2.75, 3.05) is 19.6 Å². The largest absolute Gasteiger partial charge is 0.479 e. The van der Waals surface area contributed by atoms with Crippen molar-refractivity contribution in [3.63, 3.8) is 0 Å². The summed E-state index contributed by atoms with van der Waals surface area (Å²) in [6.45, 7) is 3.79. The summed E-state index contributed by atoms with van der Waals surface area (Å²) in [5.74, 6) is -2.62. The van der Waals surface area contributed by atoms with Gasteiger partial charge in [0.2, 0.25) is 0 Å². The van der Waals surface area contributed by atoms with Crippen LogP contribution in [0.25, 0.3) is 0 Å². The number of aliphatic hydroxyl groups is 2. The molecular weight excluding hydrogens is 304 g/mol. The van der Waals surface area contributed by atoms with E-state index in [2.05, 4.69) is 10.6 Å². The summed E-state index contributed by atoms with van der Waals surface area (Å²) in [6, 6.07) is 0.838. The lowest BCUT2D eigenvalue weighted by Gasteiger charge is -2.53. The zero-order chi connectivity index (χ0) is 17.0. The molecule has 8 nitrogen and oxygen atoms in total. The molecule has 0 aromatic carbocycles. The second-order valence-corrected chi connectivity index (χ2v) is 6.84. The molecule has 0 radical (unpaired) electrons. The van der Waals surface area contributed by atoms with Gasteiger partial charge in [0.05, 0.1) is 0 Å². The third kappa shape index (κ3) is 4.20. The van der Waals surface area contributed by atoms with Crippen LogP contribution in [0.2, 0.25) is 0 Å². The molecule has 6 N–H and O–H groups in total. The minimum Gasteiger partial charge on any atom is -0.479 e. The van der Waals surface area contributed by atoms with Gasteiger partial charge in [-0.1, -0.05) is 12.8 Å². The highest BCUT2D eigenvalue weighted by molar-refractivity contribution is 5.83. The number of carboxylic acid groups (broad SMARTS) is 2. The van der Waals surface area contributed by atoms with Gasteiger partial charge in [0.15, 0.2) is 12.2 Å². The molecule has 132 valence electrons. The van der Waals surface area contributed by atoms with Gasteiger partial charge in [-0.25, -0.2) is 9.59 Å². The Morgan fingerprint density at radius 2 is 1.70 bits per heavy atom. The Hall–Kier alpha value is -1.22. The molecule has 2 aliphatic heterocycles. The number of carboxylic acids is 2. The highest BCUT2D eigenvalue weighted by Gasteiger charge is 2.46. The number of piperidine rings is 2. The molecule has 2 saturated heterocycles. The first-order valence-electron chi connectivity index (χ1n) is 8.11. The van der Waals surface area contributed by atoms with Gasteiger partial charge in [0.1, 0.15) is 0 Å². The van der Waals surface area contributed by atoms with Crippen LogP contribution in [0.3, 0.4) is 0 Å². The minimum absolute atomic E-state index is 0.652. The lowest BCUT2D eigenvalue weighted by Crippen LogP contribution is -2.62. The van der Waals surface area contributed by atoms with Gasteiger partial charge in [0, 0.05) is 12.6 Å². The van der Waals surface area contributed by atoms with Gasteiger partial charge in [-0.05, 0) is 43.7 Å². The Balaban J connectivity index is 0.000000175. The van der Waals surface area contributed by atoms with Crippen molar-refractivity contribution in [2.45, 2.75) is 50.4 Å². The van der Waals surface area contributed by atoms with Gasteiger partial charge in [-0.2, -0.15) is 0 Å². The Kier molecular flexibility index (Phi) is 5.96. The minimum atomic E-state index is -2.27. The summed E-state index contributed by atoms with van der Waals surface area (Å²) in [5.41, 5.74) is 0.652. The fourth-order valence-electron chi connectivity index (χ4n) is 4.05. The van der Waals surface area contributed by atoms with Crippen molar-refractivity contribution in [1.29, 1.82) is 0 Å². The van der Waals surface area contributed by atoms with E-state index in [-0.39, 0.29) is 0 Å². The first-order chi connectivity index (χ1) is 10.9. The van der Waals surface area contributed by atoms with E-state index in [0.717, 1.165) is 12.0 Å². The summed E-state index contributed by atoms with van der Waals surface area (Å²) in [6.07, 6.45) is 2.77. The Labute approximate surface area is 134 Å². The molecule has 1 spiro atoms. The maximum atomic E-state index is 9.77. The first-order valence-corrected chi connectivity index (χ1v) is 8.11. The maximum absolute atomic E-state index is 9.77. The van der Waals surface area contributed by atoms with Crippen LogP contribution in [0.15, 0.2) is 0 Å². The van der Waals surface area contributed by atoms with Gasteiger partial charge < -0.3 is 31.1 Å². The Morgan fingerprint density at radius 1 is 1.04 bits per heavy atom. The van der Waals surface area contributed by atoms with E-state index < -0.39 is 24.1 Å². The average molecular weight is 330 g/mol. The first kappa shape index (κ1) is 18.1. The molecule has 8 heteroatoms. The molecule has 5 atom stereocenters. The van der Waals surface area contributed by atoms with Crippen molar-refractivity contribution in [1.82, 2.24) is 10.6 Å². The number of carbonyl (C=O) groups is 2. The third-order valence-electron chi connectivity index (χ3n) is 5.22. The zero-order valence-corrected chi connectivity index (χ0v) is 13.1. The molecule has 3 aliphatic rings. The number of aliphatic hydroxyl groups excluding tert-OH is 2. The number of fused-ring (bicyclic) bond motifs is 1. The number of nitrogens with one attached hydrogen (secondary N) is 2.